The summed E-state index contributed by atoms with van der Waals surface area (Å²) in [6.07, 6.45) is 10.9. The van der Waals surface area contributed by atoms with Crippen LogP contribution in [0.15, 0.2) is 18.2 Å². The molecule has 0 bridgehead atoms. The van der Waals surface area contributed by atoms with Crippen molar-refractivity contribution in [3.8, 4) is 5.75 Å². The van der Waals surface area contributed by atoms with E-state index in [0.717, 1.165) is 50.4 Å². The predicted octanol–water partition coefficient (Wildman–Crippen LogP) is 10.1. The second-order valence-corrected chi connectivity index (χ2v) is 16.0. The number of hydrogen-bond acceptors (Lipinski definition) is 2. The first-order valence-electron chi connectivity index (χ1n) is 16.5. The molecule has 8 heteroatoms. The molecule has 0 radical (unpaired) electrons. The average Bonchev–Trinajstić information content (AvgIpc) is 3.66. The summed E-state index contributed by atoms with van der Waals surface area (Å²) < 4.78 is 74.7. The summed E-state index contributed by atoms with van der Waals surface area (Å²) in [6.45, 7) is 2.62. The lowest BCUT2D eigenvalue weighted by Crippen LogP contribution is -2.46. The zero-order chi connectivity index (χ0) is 30.2. The minimum atomic E-state index is -5.53. The van der Waals surface area contributed by atoms with E-state index in [1.807, 2.05) is 12.1 Å². The molecule has 2 nitrogen and oxygen atoms in total. The molecular formula is C34H49F5O2S. The molecule has 4 aliphatic carbocycles. The first kappa shape index (κ1) is 32.2. The van der Waals surface area contributed by atoms with E-state index in [0.29, 0.717) is 34.2 Å². The highest BCUT2D eigenvalue weighted by atomic mass is 32.2. The van der Waals surface area contributed by atoms with Crippen LogP contribution in [0, 0.1) is 28.6 Å². The van der Waals surface area contributed by atoms with E-state index in [2.05, 4.69) is 13.0 Å². The molecule has 1 aromatic rings. The fraction of sp³-hybridized carbons (Fsp3) is 0.824. The summed E-state index contributed by atoms with van der Waals surface area (Å²) in [5.41, 5.74) is 4.03. The molecule has 0 amide bonds. The van der Waals surface area contributed by atoms with E-state index in [-0.39, 0.29) is 12.2 Å². The van der Waals surface area contributed by atoms with Crippen LogP contribution in [-0.4, -0.2) is 32.9 Å². The van der Waals surface area contributed by atoms with Gasteiger partial charge in [0.25, 0.3) is 0 Å². The van der Waals surface area contributed by atoms with Gasteiger partial charge in [-0.05, 0) is 122 Å². The van der Waals surface area contributed by atoms with Crippen LogP contribution in [0.4, 0.5) is 22.0 Å². The van der Waals surface area contributed by atoms with Gasteiger partial charge in [-0.15, -0.1) is 0 Å². The topological polar surface area (TPSA) is 37.3 Å². The van der Waals surface area contributed by atoms with Crippen LogP contribution in [0.3, 0.4) is 0 Å². The quantitative estimate of drug-likeness (QED) is 0.167. The molecule has 1 spiro atoms. The van der Waals surface area contributed by atoms with Crippen LogP contribution >= 0.6 is 0 Å². The Morgan fingerprint density at radius 3 is 2.24 bits per heavy atom. The summed E-state index contributed by atoms with van der Waals surface area (Å²) in [7, 11) is -1.34. The number of hydrogen-bond donors (Lipinski definition) is 1. The maximum absolute atomic E-state index is 13.0. The molecule has 5 unspecified atom stereocenters. The molecule has 238 valence electrons. The lowest BCUT2D eigenvalue weighted by molar-refractivity contribution is -0.284. The van der Waals surface area contributed by atoms with Gasteiger partial charge in [0.1, 0.15) is 5.75 Å². The van der Waals surface area contributed by atoms with E-state index in [1.165, 1.54) is 68.9 Å². The van der Waals surface area contributed by atoms with Crippen LogP contribution in [0.5, 0.6) is 5.75 Å². The van der Waals surface area contributed by atoms with E-state index in [9.17, 15) is 31.3 Å². The lowest BCUT2D eigenvalue weighted by Gasteiger charge is -2.54. The number of unbranched alkanes of at least 4 members (excludes halogenated alkanes) is 6. The Labute approximate surface area is 251 Å². The number of benzene rings is 1. The van der Waals surface area contributed by atoms with Crippen molar-refractivity contribution in [2.45, 2.75) is 134 Å². The second-order valence-electron chi connectivity index (χ2n) is 14.3. The summed E-state index contributed by atoms with van der Waals surface area (Å²) in [5.74, 6) is -1.11. The molecule has 0 heterocycles. The first-order valence-corrected chi connectivity index (χ1v) is 18.0. The van der Waals surface area contributed by atoms with Gasteiger partial charge in [-0.3, -0.25) is 4.21 Å². The van der Waals surface area contributed by atoms with Gasteiger partial charge >= 0.3 is 12.1 Å². The molecule has 0 aromatic heterocycles. The van der Waals surface area contributed by atoms with Gasteiger partial charge in [0.15, 0.2) is 0 Å². The van der Waals surface area contributed by atoms with Crippen molar-refractivity contribution < 1.29 is 31.3 Å². The van der Waals surface area contributed by atoms with E-state index in [1.54, 1.807) is 0 Å². The van der Waals surface area contributed by atoms with Crippen molar-refractivity contribution in [1.82, 2.24) is 0 Å². The number of phenolic OH excluding ortho intramolecular Hbond substituents is 1. The smallest absolute Gasteiger partial charge is 0.453 e. The summed E-state index contributed by atoms with van der Waals surface area (Å²) in [6, 6.07) is 6.12. The number of rotatable bonds is 14. The van der Waals surface area contributed by atoms with E-state index < -0.39 is 29.3 Å². The molecule has 0 saturated heterocycles. The van der Waals surface area contributed by atoms with Crippen molar-refractivity contribution >= 4 is 10.8 Å². The number of alkyl halides is 5. The molecule has 4 aliphatic rings. The normalized spacial score (nSPS) is 30.5. The van der Waals surface area contributed by atoms with Gasteiger partial charge in [0, 0.05) is 28.7 Å². The van der Waals surface area contributed by atoms with Gasteiger partial charge < -0.3 is 5.11 Å². The highest BCUT2D eigenvalue weighted by Gasteiger charge is 2.67. The molecule has 6 atom stereocenters. The van der Waals surface area contributed by atoms with E-state index >= 15 is 0 Å². The standard InChI is InChI=1S/C34H49F5O2S/c1-31-16-13-28-27-12-11-26(40)23-25(27)22-24(30(28)29(31)14-17-32(31)18-19-32)10-7-5-3-2-4-6-8-20-42(41)21-9-15-33(35,36)34(37,38)39/h11-12,23-24,28-30,40H,2-10,13-22H2,1H3/t24?,28?,29?,30?,31-,42?/m0/s1. The zero-order valence-corrected chi connectivity index (χ0v) is 25.9. The van der Waals surface area contributed by atoms with E-state index in [4.69, 9.17) is 0 Å². The predicted molar refractivity (Wildman–Crippen MR) is 158 cm³/mol. The maximum atomic E-state index is 13.0. The minimum Gasteiger partial charge on any atom is -0.508 e. The SMILES string of the molecule is C[C@]12CCC3c4ccc(O)cc4CC(CCCCCCCCCS(=O)CCCC(F)(F)C(F)(F)F)C3C1CCC21CC1. The molecule has 0 aliphatic heterocycles. The minimum absolute atomic E-state index is 0.0974. The number of halogens is 5. The Morgan fingerprint density at radius 1 is 0.881 bits per heavy atom. The Bertz CT molecular complexity index is 1100. The van der Waals surface area contributed by atoms with Crippen molar-refractivity contribution in [3.63, 3.8) is 0 Å². The van der Waals surface area contributed by atoms with Crippen LogP contribution in [0.1, 0.15) is 127 Å². The molecular weight excluding hydrogens is 567 g/mol. The summed E-state index contributed by atoms with van der Waals surface area (Å²) in [5, 5.41) is 10.2. The molecule has 1 N–H and O–H groups in total. The van der Waals surface area contributed by atoms with Gasteiger partial charge in [-0.25, -0.2) is 0 Å². The lowest BCUT2D eigenvalue weighted by atomic mass is 9.50. The highest BCUT2D eigenvalue weighted by molar-refractivity contribution is 7.84. The van der Waals surface area contributed by atoms with Gasteiger partial charge in [0.05, 0.1) is 0 Å². The van der Waals surface area contributed by atoms with Crippen molar-refractivity contribution in [1.29, 1.82) is 0 Å². The maximum Gasteiger partial charge on any atom is 0.453 e. The van der Waals surface area contributed by atoms with Crippen molar-refractivity contribution in [2.75, 3.05) is 11.5 Å². The van der Waals surface area contributed by atoms with Crippen LogP contribution in [0.2, 0.25) is 0 Å². The Morgan fingerprint density at radius 2 is 1.55 bits per heavy atom. The largest absolute Gasteiger partial charge is 0.508 e. The average molecular weight is 617 g/mol. The third-order valence-corrected chi connectivity index (χ3v) is 13.5. The second kappa shape index (κ2) is 12.7. The number of phenols is 1. The molecule has 3 fully saturated rings. The highest BCUT2D eigenvalue weighted by Crippen LogP contribution is 2.76. The molecule has 1 aromatic carbocycles. The zero-order valence-electron chi connectivity index (χ0n) is 25.1. The third kappa shape index (κ3) is 6.59. The molecule has 5 rings (SSSR count). The third-order valence-electron chi connectivity index (χ3n) is 12.0. The number of aromatic hydroxyl groups is 1. The monoisotopic (exact) mass is 616 g/mol. The van der Waals surface area contributed by atoms with Crippen LogP contribution < -0.4 is 0 Å². The molecule has 42 heavy (non-hydrogen) atoms. The fourth-order valence-corrected chi connectivity index (χ4v) is 10.7. The van der Waals surface area contributed by atoms with Crippen molar-refractivity contribution in [3.05, 3.63) is 29.3 Å². The molecule has 3 saturated carbocycles. The van der Waals surface area contributed by atoms with Crippen LogP contribution in [0.25, 0.3) is 0 Å². The van der Waals surface area contributed by atoms with Crippen LogP contribution in [-0.2, 0) is 17.2 Å². The van der Waals surface area contributed by atoms with Gasteiger partial charge in [-0.2, -0.15) is 22.0 Å². The van der Waals surface area contributed by atoms with Crippen molar-refractivity contribution in [2.24, 2.45) is 28.6 Å². The Kier molecular flexibility index (Phi) is 9.72. The fourth-order valence-electron chi connectivity index (χ4n) is 9.51. The summed E-state index contributed by atoms with van der Waals surface area (Å²) >= 11 is 0. The number of fused-ring (bicyclic) bond motifs is 6. The Hall–Kier alpha value is -1.18. The Balaban J connectivity index is 1.02. The first-order chi connectivity index (χ1) is 19.9. The van der Waals surface area contributed by atoms with Gasteiger partial charge in [0.2, 0.25) is 0 Å². The summed E-state index contributed by atoms with van der Waals surface area (Å²) in [4.78, 5) is 0. The van der Waals surface area contributed by atoms with Gasteiger partial charge in [-0.1, -0.05) is 51.5 Å².